The zero-order chi connectivity index (χ0) is 12.1. The average Bonchev–Trinajstić information content (AvgIpc) is 2.39. The highest BCUT2D eigenvalue weighted by molar-refractivity contribution is 6.28. The predicted octanol–water partition coefficient (Wildman–Crippen LogP) is 1.46. The van der Waals surface area contributed by atoms with E-state index in [1.54, 1.807) is 30.7 Å². The van der Waals surface area contributed by atoms with Gasteiger partial charge in [0.25, 0.3) is 5.91 Å². The maximum Gasteiger partial charge on any atom is 0.253 e. The molecule has 0 radical (unpaired) electrons. The summed E-state index contributed by atoms with van der Waals surface area (Å²) in [6.45, 7) is 0.352. The molecular weight excluding hydrogens is 240 g/mol. The summed E-state index contributed by atoms with van der Waals surface area (Å²) in [5.74, 6) is -0.187. The number of amides is 1. The number of nitrogens with one attached hydrogen (secondary N) is 1. The molecule has 0 bridgehead atoms. The minimum atomic E-state index is -0.187. The first-order valence-electron chi connectivity index (χ1n) is 4.90. The Labute approximate surface area is 103 Å². The van der Waals surface area contributed by atoms with Gasteiger partial charge in [0.2, 0.25) is 5.28 Å². The highest BCUT2D eigenvalue weighted by Gasteiger charge is 2.04. The zero-order valence-corrected chi connectivity index (χ0v) is 9.55. The van der Waals surface area contributed by atoms with Crippen molar-refractivity contribution in [2.24, 2.45) is 0 Å². The monoisotopic (exact) mass is 248 g/mol. The Kier molecular flexibility index (Phi) is 3.62. The second-order valence-electron chi connectivity index (χ2n) is 3.28. The SMILES string of the molecule is O=C(NCc1cnc(Cl)nc1)c1cccnc1. The summed E-state index contributed by atoms with van der Waals surface area (Å²) in [6, 6.07) is 3.40. The first-order chi connectivity index (χ1) is 8.25. The summed E-state index contributed by atoms with van der Waals surface area (Å²) in [4.78, 5) is 23.2. The number of carbonyl (C=O) groups is 1. The van der Waals surface area contributed by atoms with Crippen molar-refractivity contribution in [3.63, 3.8) is 0 Å². The van der Waals surface area contributed by atoms with Crippen LogP contribution in [0, 0.1) is 0 Å². The summed E-state index contributed by atoms with van der Waals surface area (Å²) in [6.07, 6.45) is 6.26. The lowest BCUT2D eigenvalue weighted by Gasteiger charge is -2.04. The van der Waals surface area contributed by atoms with E-state index in [0.717, 1.165) is 5.56 Å². The zero-order valence-electron chi connectivity index (χ0n) is 8.80. The van der Waals surface area contributed by atoms with E-state index in [2.05, 4.69) is 20.3 Å². The molecule has 0 saturated carbocycles. The summed E-state index contributed by atoms with van der Waals surface area (Å²) < 4.78 is 0. The van der Waals surface area contributed by atoms with Gasteiger partial charge in [-0.25, -0.2) is 9.97 Å². The quantitative estimate of drug-likeness (QED) is 0.835. The minimum absolute atomic E-state index is 0.187. The van der Waals surface area contributed by atoms with Crippen LogP contribution in [0.4, 0.5) is 0 Å². The third-order valence-corrected chi connectivity index (χ3v) is 2.25. The molecule has 0 saturated heterocycles. The molecule has 0 aliphatic rings. The molecule has 1 N–H and O–H groups in total. The molecule has 0 atom stereocenters. The number of aromatic nitrogens is 3. The number of hydrogen-bond acceptors (Lipinski definition) is 4. The first-order valence-corrected chi connectivity index (χ1v) is 5.28. The van der Waals surface area contributed by atoms with E-state index in [9.17, 15) is 4.79 Å². The number of pyridine rings is 1. The Balaban J connectivity index is 1.95. The van der Waals surface area contributed by atoms with Crippen molar-refractivity contribution < 1.29 is 4.79 Å². The Morgan fingerprint density at radius 1 is 1.29 bits per heavy atom. The molecular formula is C11H9ClN4O. The maximum atomic E-state index is 11.7. The topological polar surface area (TPSA) is 67.8 Å². The fourth-order valence-corrected chi connectivity index (χ4v) is 1.31. The third kappa shape index (κ3) is 3.22. The van der Waals surface area contributed by atoms with Crippen LogP contribution in [0.15, 0.2) is 36.9 Å². The molecule has 2 aromatic rings. The van der Waals surface area contributed by atoms with Crippen LogP contribution in [0.25, 0.3) is 0 Å². The van der Waals surface area contributed by atoms with E-state index in [1.165, 1.54) is 6.20 Å². The van der Waals surface area contributed by atoms with E-state index in [1.807, 2.05) is 0 Å². The molecule has 0 aliphatic heterocycles. The Hall–Kier alpha value is -2.01. The highest BCUT2D eigenvalue weighted by atomic mass is 35.5. The van der Waals surface area contributed by atoms with Crippen LogP contribution >= 0.6 is 11.6 Å². The third-order valence-electron chi connectivity index (χ3n) is 2.05. The molecule has 2 rings (SSSR count). The van der Waals surface area contributed by atoms with Crippen LogP contribution in [0.3, 0.4) is 0 Å². The van der Waals surface area contributed by atoms with Crippen LogP contribution in [-0.2, 0) is 6.54 Å². The maximum absolute atomic E-state index is 11.7. The van der Waals surface area contributed by atoms with Crippen molar-refractivity contribution in [3.8, 4) is 0 Å². The second-order valence-corrected chi connectivity index (χ2v) is 3.62. The van der Waals surface area contributed by atoms with Gasteiger partial charge in [0.05, 0.1) is 5.56 Å². The van der Waals surface area contributed by atoms with Gasteiger partial charge >= 0.3 is 0 Å². The fourth-order valence-electron chi connectivity index (χ4n) is 1.21. The van der Waals surface area contributed by atoms with Crippen molar-refractivity contribution in [2.45, 2.75) is 6.54 Å². The van der Waals surface area contributed by atoms with Crippen molar-refractivity contribution in [2.75, 3.05) is 0 Å². The van der Waals surface area contributed by atoms with Crippen molar-refractivity contribution in [1.82, 2.24) is 20.3 Å². The summed E-state index contributed by atoms with van der Waals surface area (Å²) >= 11 is 5.55. The summed E-state index contributed by atoms with van der Waals surface area (Å²) in [5.41, 5.74) is 1.30. The lowest BCUT2D eigenvalue weighted by molar-refractivity contribution is 0.0950. The molecule has 0 aliphatic carbocycles. The van der Waals surface area contributed by atoms with Crippen LogP contribution < -0.4 is 5.32 Å². The van der Waals surface area contributed by atoms with Gasteiger partial charge in [0, 0.05) is 36.9 Å². The van der Waals surface area contributed by atoms with Gasteiger partial charge in [-0.05, 0) is 23.7 Å². The van der Waals surface area contributed by atoms with Gasteiger partial charge in [0.1, 0.15) is 0 Å². The fraction of sp³-hybridized carbons (Fsp3) is 0.0909. The van der Waals surface area contributed by atoms with Crippen molar-refractivity contribution in [3.05, 3.63) is 53.3 Å². The summed E-state index contributed by atoms with van der Waals surface area (Å²) in [5, 5.41) is 2.92. The molecule has 0 aromatic carbocycles. The highest BCUT2D eigenvalue weighted by Crippen LogP contribution is 2.01. The standard InChI is InChI=1S/C11H9ClN4O/c12-11-15-5-8(6-16-11)4-14-10(17)9-2-1-3-13-7-9/h1-3,5-7H,4H2,(H,14,17). The van der Waals surface area contributed by atoms with Gasteiger partial charge in [-0.3, -0.25) is 9.78 Å². The number of carbonyl (C=O) groups excluding carboxylic acids is 1. The van der Waals surface area contributed by atoms with E-state index >= 15 is 0 Å². The molecule has 2 heterocycles. The van der Waals surface area contributed by atoms with Crippen LogP contribution in [-0.4, -0.2) is 20.9 Å². The Morgan fingerprint density at radius 2 is 2.06 bits per heavy atom. The van der Waals surface area contributed by atoms with Gasteiger partial charge in [-0.2, -0.15) is 0 Å². The Bertz CT molecular complexity index is 501. The van der Waals surface area contributed by atoms with E-state index < -0.39 is 0 Å². The molecule has 86 valence electrons. The predicted molar refractivity (Wildman–Crippen MR) is 62.4 cm³/mol. The molecule has 17 heavy (non-hydrogen) atoms. The van der Waals surface area contributed by atoms with E-state index in [-0.39, 0.29) is 11.2 Å². The van der Waals surface area contributed by atoms with E-state index in [0.29, 0.717) is 12.1 Å². The second kappa shape index (κ2) is 5.36. The molecule has 5 nitrogen and oxygen atoms in total. The molecule has 6 heteroatoms. The normalized spacial score (nSPS) is 9.94. The number of halogens is 1. The Morgan fingerprint density at radius 3 is 2.71 bits per heavy atom. The number of nitrogens with zero attached hydrogens (tertiary/aromatic N) is 3. The smallest absolute Gasteiger partial charge is 0.253 e. The number of rotatable bonds is 3. The molecule has 0 spiro atoms. The van der Waals surface area contributed by atoms with Crippen molar-refractivity contribution in [1.29, 1.82) is 0 Å². The van der Waals surface area contributed by atoms with Gasteiger partial charge in [0.15, 0.2) is 0 Å². The lowest BCUT2D eigenvalue weighted by Crippen LogP contribution is -2.22. The van der Waals surface area contributed by atoms with Crippen LogP contribution in [0.2, 0.25) is 5.28 Å². The largest absolute Gasteiger partial charge is 0.348 e. The summed E-state index contributed by atoms with van der Waals surface area (Å²) in [7, 11) is 0. The number of hydrogen-bond donors (Lipinski definition) is 1. The van der Waals surface area contributed by atoms with Crippen molar-refractivity contribution >= 4 is 17.5 Å². The molecule has 0 fully saturated rings. The minimum Gasteiger partial charge on any atom is -0.348 e. The first kappa shape index (κ1) is 11.5. The van der Waals surface area contributed by atoms with Gasteiger partial charge in [-0.15, -0.1) is 0 Å². The van der Waals surface area contributed by atoms with Gasteiger partial charge in [-0.1, -0.05) is 0 Å². The molecule has 0 unspecified atom stereocenters. The van der Waals surface area contributed by atoms with Crippen LogP contribution in [0.5, 0.6) is 0 Å². The van der Waals surface area contributed by atoms with E-state index in [4.69, 9.17) is 11.6 Å². The van der Waals surface area contributed by atoms with Gasteiger partial charge < -0.3 is 5.32 Å². The molecule has 1 amide bonds. The lowest BCUT2D eigenvalue weighted by atomic mass is 10.2. The average molecular weight is 249 g/mol. The molecule has 2 aromatic heterocycles. The van der Waals surface area contributed by atoms with Crippen LogP contribution in [0.1, 0.15) is 15.9 Å².